The summed E-state index contributed by atoms with van der Waals surface area (Å²) in [5.41, 5.74) is 0.689. The Bertz CT molecular complexity index is 833. The first-order valence-electron chi connectivity index (χ1n) is 7.71. The van der Waals surface area contributed by atoms with Gasteiger partial charge in [-0.3, -0.25) is 4.72 Å². The second-order valence-electron chi connectivity index (χ2n) is 5.62. The molecule has 128 valence electrons. The molecule has 0 amide bonds. The van der Waals surface area contributed by atoms with Crippen molar-refractivity contribution in [1.82, 2.24) is 0 Å². The van der Waals surface area contributed by atoms with Crippen molar-refractivity contribution in [2.24, 2.45) is 0 Å². The molecule has 0 aliphatic carbocycles. The van der Waals surface area contributed by atoms with Gasteiger partial charge in [-0.1, -0.05) is 12.1 Å². The largest absolute Gasteiger partial charge is 0.495 e. The molecule has 0 aromatic heterocycles. The monoisotopic (exact) mass is 350 g/mol. The number of sulfonamides is 1. The molecule has 1 heterocycles. The normalized spacial score (nSPS) is 14.7. The van der Waals surface area contributed by atoms with Crippen LogP contribution in [0, 0.1) is 5.82 Å². The zero-order valence-corrected chi connectivity index (χ0v) is 14.1. The first-order chi connectivity index (χ1) is 11.5. The summed E-state index contributed by atoms with van der Waals surface area (Å²) in [6, 6.07) is 10.7. The molecular formula is C17H19FN2O3S. The Morgan fingerprint density at radius 2 is 1.83 bits per heavy atom. The maximum absolute atomic E-state index is 14.3. The lowest BCUT2D eigenvalue weighted by Gasteiger charge is -2.19. The van der Waals surface area contributed by atoms with Crippen molar-refractivity contribution in [3.05, 3.63) is 48.3 Å². The van der Waals surface area contributed by atoms with Gasteiger partial charge in [-0.15, -0.1) is 0 Å². The Kier molecular flexibility index (Phi) is 4.62. The molecular weight excluding hydrogens is 331 g/mol. The van der Waals surface area contributed by atoms with Gasteiger partial charge in [-0.05, 0) is 37.1 Å². The summed E-state index contributed by atoms with van der Waals surface area (Å²) in [5, 5.41) is 0. The number of benzene rings is 2. The van der Waals surface area contributed by atoms with Crippen LogP contribution in [-0.4, -0.2) is 28.6 Å². The summed E-state index contributed by atoms with van der Waals surface area (Å²) in [4.78, 5) is 1.98. The number of hydrogen-bond acceptors (Lipinski definition) is 4. The van der Waals surface area contributed by atoms with Gasteiger partial charge in [0.1, 0.15) is 16.5 Å². The van der Waals surface area contributed by atoms with E-state index in [1.54, 1.807) is 30.3 Å². The Morgan fingerprint density at radius 1 is 1.12 bits per heavy atom. The quantitative estimate of drug-likeness (QED) is 0.899. The van der Waals surface area contributed by atoms with E-state index in [1.165, 1.54) is 19.2 Å². The van der Waals surface area contributed by atoms with Crippen molar-refractivity contribution >= 4 is 21.4 Å². The molecule has 1 aliphatic rings. The number of nitrogens with zero attached hydrogens (tertiary/aromatic N) is 1. The molecule has 1 N–H and O–H groups in total. The number of ether oxygens (including phenoxy) is 1. The molecule has 1 saturated heterocycles. The Balaban J connectivity index is 1.86. The number of anilines is 2. The van der Waals surface area contributed by atoms with Crippen LogP contribution < -0.4 is 14.4 Å². The molecule has 0 bridgehead atoms. The van der Waals surface area contributed by atoms with Crippen LogP contribution in [-0.2, 0) is 10.0 Å². The third-order valence-electron chi connectivity index (χ3n) is 4.01. The van der Waals surface area contributed by atoms with Crippen LogP contribution in [0.1, 0.15) is 12.8 Å². The lowest BCUT2D eigenvalue weighted by Crippen LogP contribution is -2.19. The first kappa shape index (κ1) is 16.6. The molecule has 0 spiro atoms. The van der Waals surface area contributed by atoms with Gasteiger partial charge >= 0.3 is 0 Å². The maximum atomic E-state index is 14.3. The lowest BCUT2D eigenvalue weighted by molar-refractivity contribution is 0.403. The molecule has 0 unspecified atom stereocenters. The zero-order chi connectivity index (χ0) is 17.2. The molecule has 2 aromatic rings. The van der Waals surface area contributed by atoms with Crippen molar-refractivity contribution in [3.8, 4) is 5.75 Å². The van der Waals surface area contributed by atoms with E-state index < -0.39 is 15.8 Å². The van der Waals surface area contributed by atoms with E-state index in [2.05, 4.69) is 4.72 Å². The van der Waals surface area contributed by atoms with Gasteiger partial charge in [-0.25, -0.2) is 12.8 Å². The third-order valence-corrected chi connectivity index (χ3v) is 5.43. The van der Waals surface area contributed by atoms with E-state index in [4.69, 9.17) is 4.74 Å². The number of rotatable bonds is 5. The number of halogens is 1. The molecule has 3 rings (SSSR count). The predicted molar refractivity (Wildman–Crippen MR) is 91.6 cm³/mol. The highest BCUT2D eigenvalue weighted by atomic mass is 32.2. The minimum absolute atomic E-state index is 0.0107. The smallest absolute Gasteiger partial charge is 0.265 e. The van der Waals surface area contributed by atoms with Gasteiger partial charge in [0.15, 0.2) is 0 Å². The topological polar surface area (TPSA) is 58.6 Å². The summed E-state index contributed by atoms with van der Waals surface area (Å²) < 4.78 is 46.8. The van der Waals surface area contributed by atoms with Crippen LogP contribution >= 0.6 is 0 Å². The zero-order valence-electron chi connectivity index (χ0n) is 13.3. The SMILES string of the molecule is COc1ccccc1S(=O)(=O)Nc1ccc(N2CCCC2)c(F)c1. The average molecular weight is 350 g/mol. The van der Waals surface area contributed by atoms with E-state index in [-0.39, 0.29) is 16.3 Å². The molecule has 2 aromatic carbocycles. The Labute approximate surface area is 141 Å². The Hall–Kier alpha value is -2.28. The summed E-state index contributed by atoms with van der Waals surface area (Å²) in [6.07, 6.45) is 2.09. The average Bonchev–Trinajstić information content (AvgIpc) is 3.08. The van der Waals surface area contributed by atoms with Crippen molar-refractivity contribution in [2.45, 2.75) is 17.7 Å². The highest BCUT2D eigenvalue weighted by Crippen LogP contribution is 2.29. The maximum Gasteiger partial charge on any atom is 0.265 e. The lowest BCUT2D eigenvalue weighted by atomic mass is 10.2. The fourth-order valence-corrected chi connectivity index (χ4v) is 4.06. The molecule has 0 radical (unpaired) electrons. The molecule has 1 aliphatic heterocycles. The number of nitrogens with one attached hydrogen (secondary N) is 1. The molecule has 1 fully saturated rings. The van der Waals surface area contributed by atoms with Gasteiger partial charge in [0, 0.05) is 19.2 Å². The third kappa shape index (κ3) is 3.31. The van der Waals surface area contributed by atoms with E-state index in [0.717, 1.165) is 25.9 Å². The predicted octanol–water partition coefficient (Wildman–Crippen LogP) is 3.24. The van der Waals surface area contributed by atoms with Crippen molar-refractivity contribution in [1.29, 1.82) is 0 Å². The van der Waals surface area contributed by atoms with E-state index in [9.17, 15) is 12.8 Å². The standard InChI is InChI=1S/C17H19FN2O3S/c1-23-16-6-2-3-7-17(16)24(21,22)19-13-8-9-15(14(18)12-13)20-10-4-5-11-20/h2-3,6-9,12,19H,4-5,10-11H2,1H3. The van der Waals surface area contributed by atoms with Crippen molar-refractivity contribution < 1.29 is 17.5 Å². The second-order valence-corrected chi connectivity index (χ2v) is 7.27. The van der Waals surface area contributed by atoms with Gasteiger partial charge in [-0.2, -0.15) is 0 Å². The molecule has 0 saturated carbocycles. The highest BCUT2D eigenvalue weighted by molar-refractivity contribution is 7.92. The van der Waals surface area contributed by atoms with E-state index in [0.29, 0.717) is 5.69 Å². The number of para-hydroxylation sites is 1. The van der Waals surface area contributed by atoms with E-state index in [1.807, 2.05) is 4.90 Å². The van der Waals surface area contributed by atoms with Crippen LogP contribution in [0.3, 0.4) is 0 Å². The minimum atomic E-state index is -3.86. The minimum Gasteiger partial charge on any atom is -0.495 e. The van der Waals surface area contributed by atoms with Gasteiger partial charge in [0.25, 0.3) is 10.0 Å². The van der Waals surface area contributed by atoms with E-state index >= 15 is 0 Å². The van der Waals surface area contributed by atoms with Crippen LogP contribution in [0.2, 0.25) is 0 Å². The fourth-order valence-electron chi connectivity index (χ4n) is 2.84. The molecule has 24 heavy (non-hydrogen) atoms. The van der Waals surface area contributed by atoms with Crippen LogP contribution in [0.25, 0.3) is 0 Å². The molecule has 5 nitrogen and oxygen atoms in total. The van der Waals surface area contributed by atoms with Crippen molar-refractivity contribution in [3.63, 3.8) is 0 Å². The first-order valence-corrected chi connectivity index (χ1v) is 9.20. The second kappa shape index (κ2) is 6.68. The van der Waals surface area contributed by atoms with Crippen LogP contribution in [0.4, 0.5) is 15.8 Å². The summed E-state index contributed by atoms with van der Waals surface area (Å²) in [7, 11) is -2.46. The highest BCUT2D eigenvalue weighted by Gasteiger charge is 2.21. The van der Waals surface area contributed by atoms with Gasteiger partial charge < -0.3 is 9.64 Å². The number of hydrogen-bond donors (Lipinski definition) is 1. The van der Waals surface area contributed by atoms with Gasteiger partial charge in [0.2, 0.25) is 0 Å². The summed E-state index contributed by atoms with van der Waals surface area (Å²) in [5.74, 6) is -0.198. The fraction of sp³-hybridized carbons (Fsp3) is 0.294. The van der Waals surface area contributed by atoms with Crippen LogP contribution in [0.5, 0.6) is 5.75 Å². The number of methoxy groups -OCH3 is 1. The van der Waals surface area contributed by atoms with Crippen LogP contribution in [0.15, 0.2) is 47.4 Å². The molecule has 7 heteroatoms. The summed E-state index contributed by atoms with van der Waals surface area (Å²) in [6.45, 7) is 1.65. The summed E-state index contributed by atoms with van der Waals surface area (Å²) >= 11 is 0. The van der Waals surface area contributed by atoms with Gasteiger partial charge in [0.05, 0.1) is 18.5 Å². The molecule has 0 atom stereocenters. The van der Waals surface area contributed by atoms with Crippen molar-refractivity contribution in [2.75, 3.05) is 29.8 Å². The Morgan fingerprint density at radius 3 is 2.50 bits per heavy atom.